The molecule has 2 saturated carbocycles. The Morgan fingerprint density at radius 2 is 0.519 bits per heavy atom. The molecular weight excluding hydrogens is 837 g/mol. The minimum absolute atomic E-state index is 0.180. The monoisotopic (exact) mass is 864 g/mol. The average Bonchev–Trinajstić information content (AvgIpc) is 3.24. The lowest BCUT2D eigenvalue weighted by atomic mass is 9.90. The summed E-state index contributed by atoms with van der Waals surface area (Å²) in [5.41, 5.74) is -23.1. The molecule has 4 fully saturated rings. The van der Waals surface area contributed by atoms with Crippen LogP contribution in [0.3, 0.4) is 0 Å². The summed E-state index contributed by atoms with van der Waals surface area (Å²) >= 11 is 0. The third-order valence-electron chi connectivity index (χ3n) is 8.60. The summed E-state index contributed by atoms with van der Waals surface area (Å²) in [4.78, 5) is 23.7. The molecule has 0 spiro atoms. The maximum Gasteiger partial charge on any atom is 0.511 e. The number of alkyl halides is 12. The topological polar surface area (TPSA) is 184 Å². The molecule has 4 rings (SSSR count). The number of hydrogen-bond acceptors (Lipinski definition) is 10. The molecule has 0 aromatic heterocycles. The molecule has 0 aromatic rings. The molecule has 30 heteroatoms. The lowest BCUT2D eigenvalue weighted by molar-refractivity contribution is -0.120. The third kappa shape index (κ3) is 8.51. The highest BCUT2D eigenvalue weighted by atomic mass is 32.2. The summed E-state index contributed by atoms with van der Waals surface area (Å²) in [7, 11) is -24.1. The second-order valence-electron chi connectivity index (χ2n) is 11.9. The fourth-order valence-corrected chi connectivity index (χ4v) is 11.1. The van der Waals surface area contributed by atoms with Gasteiger partial charge in [-0.05, 0) is 25.7 Å². The zero-order valence-corrected chi connectivity index (χ0v) is 29.1. The maximum absolute atomic E-state index is 12.9. The van der Waals surface area contributed by atoms with Gasteiger partial charge in [-0.25, -0.2) is 33.7 Å². The van der Waals surface area contributed by atoms with E-state index in [2.05, 4.69) is 0 Å². The van der Waals surface area contributed by atoms with Crippen molar-refractivity contribution in [3.63, 3.8) is 0 Å². The van der Waals surface area contributed by atoms with E-state index in [1.165, 1.54) is 0 Å². The second kappa shape index (κ2) is 14.7. The molecule has 4 aliphatic rings. The quantitative estimate of drug-likeness (QED) is 0.381. The fourth-order valence-electron chi connectivity index (χ4n) is 6.38. The molecule has 0 N–H and O–H groups in total. The first-order valence-electron chi connectivity index (χ1n) is 14.6. The van der Waals surface area contributed by atoms with Crippen molar-refractivity contribution < 1.29 is 95.9 Å². The standard InChI is InChI=1S/2C11H14F6N2O5S2/c2*12-10(13,14)25(21,22)18-5-7(20)6-19(26(23,24)11(15,16)17)9-4-2-1-3-8(9)18/h2*8-9H,1-6H2/t2*8-,9-/m11/s1. The molecular formula is C22H28F12N4O10S4. The fraction of sp³-hybridized carbons (Fsp3) is 0.909. The highest BCUT2D eigenvalue weighted by Crippen LogP contribution is 2.41. The number of nitrogens with zero attached hydrogens (tertiary/aromatic N) is 4. The molecule has 2 aliphatic heterocycles. The molecule has 4 atom stereocenters. The van der Waals surface area contributed by atoms with E-state index in [4.69, 9.17) is 0 Å². The molecule has 0 unspecified atom stereocenters. The zero-order valence-electron chi connectivity index (χ0n) is 25.8. The van der Waals surface area contributed by atoms with Gasteiger partial charge in [-0.15, -0.1) is 0 Å². The number of hydrogen-bond donors (Lipinski definition) is 0. The van der Waals surface area contributed by atoms with Crippen molar-refractivity contribution in [1.82, 2.24) is 17.2 Å². The van der Waals surface area contributed by atoms with E-state index in [1.807, 2.05) is 0 Å². The van der Waals surface area contributed by atoms with Crippen LogP contribution >= 0.6 is 0 Å². The number of fused-ring (bicyclic) bond motifs is 2. The summed E-state index contributed by atoms with van der Waals surface area (Å²) in [5, 5.41) is 0. The number of rotatable bonds is 4. The first-order chi connectivity index (χ1) is 23.2. The van der Waals surface area contributed by atoms with Gasteiger partial charge >= 0.3 is 62.1 Å². The molecule has 14 nitrogen and oxygen atoms in total. The van der Waals surface area contributed by atoms with Crippen LogP contribution in [-0.4, -0.2) is 135 Å². The zero-order chi connectivity index (χ0) is 40.3. The first-order valence-corrected chi connectivity index (χ1v) is 20.3. The van der Waals surface area contributed by atoms with Crippen LogP contribution in [0, 0.1) is 0 Å². The van der Waals surface area contributed by atoms with Crippen molar-refractivity contribution in [1.29, 1.82) is 0 Å². The summed E-state index contributed by atoms with van der Waals surface area (Å²) in [6.07, 6.45) is -0.459. The Kier molecular flexibility index (Phi) is 12.6. The van der Waals surface area contributed by atoms with Gasteiger partial charge in [-0.2, -0.15) is 69.9 Å². The summed E-state index contributed by atoms with van der Waals surface area (Å²) in [6.45, 7) is -5.36. The summed E-state index contributed by atoms with van der Waals surface area (Å²) in [5.74, 6) is -2.75. The lowest BCUT2D eigenvalue weighted by Gasteiger charge is -2.40. The molecule has 0 aromatic carbocycles. The number of carbonyl (C=O) groups excluding carboxylic acids is 2. The Labute approximate surface area is 288 Å². The van der Waals surface area contributed by atoms with Gasteiger partial charge in [0.1, 0.15) is 0 Å². The van der Waals surface area contributed by atoms with E-state index < -0.39 is 124 Å². The Bertz CT molecular complexity index is 1560. The smallest absolute Gasteiger partial charge is 0.297 e. The van der Waals surface area contributed by atoms with Crippen LogP contribution in [0.15, 0.2) is 0 Å². The van der Waals surface area contributed by atoms with E-state index >= 15 is 0 Å². The van der Waals surface area contributed by atoms with Crippen LogP contribution in [0.5, 0.6) is 0 Å². The number of ketones is 2. The molecule has 0 amide bonds. The third-order valence-corrected chi connectivity index (χ3v) is 15.0. The number of carbonyl (C=O) groups is 2. The number of halogens is 12. The predicted molar refractivity (Wildman–Crippen MR) is 149 cm³/mol. The molecule has 2 heterocycles. The lowest BCUT2D eigenvalue weighted by Crippen LogP contribution is -2.57. The molecule has 0 radical (unpaired) electrons. The van der Waals surface area contributed by atoms with Crippen molar-refractivity contribution in [2.45, 2.75) is 97.6 Å². The van der Waals surface area contributed by atoms with E-state index in [9.17, 15) is 95.9 Å². The van der Waals surface area contributed by atoms with Crippen LogP contribution in [0.1, 0.15) is 51.4 Å². The Balaban J connectivity index is 0.000000280. The minimum Gasteiger partial charge on any atom is -0.297 e. The minimum atomic E-state index is -6.02. The SMILES string of the molecule is O=C1CN(S(=O)(=O)C(F)(F)F)[C@@H]2CCCC[C@H]2N(S(=O)(=O)C(F)(F)F)C1.O=C1CN(S(=O)(=O)C(F)(F)F)[C@@H]2CCCC[C@H]2N(S(=O)(=O)C(F)(F)F)C1. The molecule has 0 bridgehead atoms. The van der Waals surface area contributed by atoms with Crippen LogP contribution in [-0.2, 0) is 49.7 Å². The van der Waals surface area contributed by atoms with Crippen molar-refractivity contribution in [2.75, 3.05) is 26.2 Å². The van der Waals surface area contributed by atoms with E-state index in [-0.39, 0.29) is 68.6 Å². The predicted octanol–water partition coefficient (Wildman–Crippen LogP) is 2.37. The summed E-state index contributed by atoms with van der Waals surface area (Å²) < 4.78 is 248. The van der Waals surface area contributed by atoms with Gasteiger partial charge in [-0.3, -0.25) is 9.59 Å². The van der Waals surface area contributed by atoms with Crippen LogP contribution in [0.2, 0.25) is 0 Å². The van der Waals surface area contributed by atoms with Crippen molar-refractivity contribution in [2.24, 2.45) is 0 Å². The van der Waals surface area contributed by atoms with Gasteiger partial charge in [0.25, 0.3) is 0 Å². The van der Waals surface area contributed by atoms with Crippen LogP contribution in [0.25, 0.3) is 0 Å². The molecule has 52 heavy (non-hydrogen) atoms. The normalized spacial score (nSPS) is 27.8. The Hall–Kier alpha value is -1.86. The molecule has 304 valence electrons. The molecule has 2 aliphatic carbocycles. The van der Waals surface area contributed by atoms with Crippen LogP contribution < -0.4 is 0 Å². The largest absolute Gasteiger partial charge is 0.511 e. The Morgan fingerprint density at radius 3 is 0.654 bits per heavy atom. The molecule has 2 saturated heterocycles. The van der Waals surface area contributed by atoms with Crippen molar-refractivity contribution >= 4 is 51.7 Å². The van der Waals surface area contributed by atoms with E-state index in [0.29, 0.717) is 0 Å². The second-order valence-corrected chi connectivity index (χ2v) is 19.4. The van der Waals surface area contributed by atoms with Gasteiger partial charge in [0.15, 0.2) is 11.6 Å². The van der Waals surface area contributed by atoms with Gasteiger partial charge < -0.3 is 0 Å². The van der Waals surface area contributed by atoms with Crippen molar-refractivity contribution in [3.8, 4) is 0 Å². The first kappa shape index (κ1) is 44.5. The number of Topliss-reactive ketones (excluding diaryl/α,β-unsaturated/α-hetero) is 2. The van der Waals surface area contributed by atoms with Crippen LogP contribution in [0.4, 0.5) is 52.7 Å². The Morgan fingerprint density at radius 1 is 0.365 bits per heavy atom. The highest BCUT2D eigenvalue weighted by Gasteiger charge is 2.61. The van der Waals surface area contributed by atoms with Gasteiger partial charge in [0.2, 0.25) is 0 Å². The van der Waals surface area contributed by atoms with E-state index in [1.54, 1.807) is 0 Å². The highest BCUT2D eigenvalue weighted by molar-refractivity contribution is 7.91. The average molecular weight is 865 g/mol. The van der Waals surface area contributed by atoms with E-state index in [0.717, 1.165) is 0 Å². The number of sulfonamides is 4. The van der Waals surface area contributed by atoms with Gasteiger partial charge in [0.05, 0.1) is 26.2 Å². The summed E-state index contributed by atoms with van der Waals surface area (Å²) in [6, 6.07) is -6.84. The van der Waals surface area contributed by atoms with Gasteiger partial charge in [0, 0.05) is 24.2 Å². The maximum atomic E-state index is 12.9. The van der Waals surface area contributed by atoms with Gasteiger partial charge in [-0.1, -0.05) is 25.7 Å². The van der Waals surface area contributed by atoms with Crippen molar-refractivity contribution in [3.05, 3.63) is 0 Å².